The molecular weight excluding hydrogens is 478 g/mol. The van der Waals surface area contributed by atoms with Gasteiger partial charge in [0.15, 0.2) is 0 Å². The molecule has 0 radical (unpaired) electrons. The summed E-state index contributed by atoms with van der Waals surface area (Å²) in [7, 11) is 0. The van der Waals surface area contributed by atoms with E-state index in [4.69, 9.17) is 15.6 Å². The number of anilines is 1. The van der Waals surface area contributed by atoms with Gasteiger partial charge in [-0.2, -0.15) is 15.5 Å². The van der Waals surface area contributed by atoms with Gasteiger partial charge in [0.1, 0.15) is 28.7 Å². The van der Waals surface area contributed by atoms with Crippen molar-refractivity contribution in [2.24, 2.45) is 5.41 Å². The predicted octanol–water partition coefficient (Wildman–Crippen LogP) is 5.09. The van der Waals surface area contributed by atoms with Crippen molar-refractivity contribution in [3.63, 3.8) is 0 Å². The zero-order valence-electron chi connectivity index (χ0n) is 22.4. The fourth-order valence-electron chi connectivity index (χ4n) is 6.02. The van der Waals surface area contributed by atoms with Gasteiger partial charge >= 0.3 is 6.09 Å². The summed E-state index contributed by atoms with van der Waals surface area (Å²) in [5, 5.41) is 19.3. The van der Waals surface area contributed by atoms with Crippen LogP contribution in [0.4, 0.5) is 10.6 Å². The predicted molar refractivity (Wildman–Crippen MR) is 143 cm³/mol. The van der Waals surface area contributed by atoms with Gasteiger partial charge in [-0.25, -0.2) is 9.48 Å². The van der Waals surface area contributed by atoms with Crippen LogP contribution in [0.5, 0.6) is 0 Å². The molecule has 1 saturated heterocycles. The average molecular weight is 514 g/mol. The Hall–Kier alpha value is -3.80. The number of carbonyl (C=O) groups excluding carboxylic acids is 1. The second-order valence-corrected chi connectivity index (χ2v) is 12.3. The topological polar surface area (TPSA) is 115 Å². The van der Waals surface area contributed by atoms with Crippen LogP contribution >= 0.6 is 0 Å². The molecule has 2 saturated carbocycles. The number of carbonyl (C=O) groups is 1. The normalized spacial score (nSPS) is 22.9. The monoisotopic (exact) mass is 513 g/mol. The number of likely N-dealkylation sites (tertiary alicyclic amines) is 1. The van der Waals surface area contributed by atoms with E-state index < -0.39 is 5.60 Å². The van der Waals surface area contributed by atoms with Crippen LogP contribution in [0.15, 0.2) is 36.7 Å². The molecule has 1 aromatic carbocycles. The Morgan fingerprint density at radius 2 is 2.08 bits per heavy atom. The molecular formula is C29H35N7O2. The maximum Gasteiger partial charge on any atom is 0.410 e. The van der Waals surface area contributed by atoms with E-state index in [1.54, 1.807) is 6.20 Å². The molecule has 0 bridgehead atoms. The second kappa shape index (κ2) is 8.90. The van der Waals surface area contributed by atoms with Gasteiger partial charge in [0, 0.05) is 24.8 Å². The number of benzene rings is 1. The van der Waals surface area contributed by atoms with Crippen LogP contribution < -0.4 is 5.73 Å². The molecule has 2 N–H and O–H groups in total. The van der Waals surface area contributed by atoms with Crippen molar-refractivity contribution in [1.29, 1.82) is 5.26 Å². The van der Waals surface area contributed by atoms with Crippen molar-refractivity contribution < 1.29 is 9.53 Å². The van der Waals surface area contributed by atoms with E-state index in [1.165, 1.54) is 24.0 Å². The van der Waals surface area contributed by atoms with Crippen LogP contribution in [0.1, 0.15) is 81.5 Å². The first-order valence-electron chi connectivity index (χ1n) is 13.5. The molecule has 198 valence electrons. The van der Waals surface area contributed by atoms with Crippen molar-refractivity contribution in [3.05, 3.63) is 53.3 Å². The van der Waals surface area contributed by atoms with Gasteiger partial charge in [0.05, 0.1) is 18.8 Å². The Morgan fingerprint density at radius 1 is 1.29 bits per heavy atom. The lowest BCUT2D eigenvalue weighted by molar-refractivity contribution is 0.0188. The van der Waals surface area contributed by atoms with E-state index >= 15 is 0 Å². The minimum Gasteiger partial charge on any atom is -0.444 e. The summed E-state index contributed by atoms with van der Waals surface area (Å²) in [5.41, 5.74) is 10.4. The Kier molecular flexibility index (Phi) is 5.74. The summed E-state index contributed by atoms with van der Waals surface area (Å²) >= 11 is 0. The van der Waals surface area contributed by atoms with Gasteiger partial charge in [-0.15, -0.1) is 0 Å². The van der Waals surface area contributed by atoms with Crippen molar-refractivity contribution in [2.75, 3.05) is 18.8 Å². The highest BCUT2D eigenvalue weighted by atomic mass is 16.6. The third-order valence-electron chi connectivity index (χ3n) is 8.08. The van der Waals surface area contributed by atoms with E-state index in [2.05, 4.69) is 35.4 Å². The summed E-state index contributed by atoms with van der Waals surface area (Å²) in [4.78, 5) is 14.3. The fraction of sp³-hybridized carbons (Fsp3) is 0.517. The summed E-state index contributed by atoms with van der Waals surface area (Å²) in [6.45, 7) is 7.71. The third-order valence-corrected chi connectivity index (χ3v) is 8.08. The zero-order valence-corrected chi connectivity index (χ0v) is 22.4. The number of ether oxygens (including phenoxy) is 1. The lowest BCUT2D eigenvalue weighted by Crippen LogP contribution is -2.43. The van der Waals surface area contributed by atoms with E-state index in [1.807, 2.05) is 41.2 Å². The lowest BCUT2D eigenvalue weighted by Gasteiger charge is -2.45. The van der Waals surface area contributed by atoms with Gasteiger partial charge in [-0.05, 0) is 75.3 Å². The molecule has 3 aliphatic rings. The number of nitrogens with zero attached hydrogens (tertiary/aromatic N) is 6. The first-order chi connectivity index (χ1) is 18.1. The highest BCUT2D eigenvalue weighted by Gasteiger charge is 2.51. The van der Waals surface area contributed by atoms with E-state index in [-0.39, 0.29) is 17.6 Å². The van der Waals surface area contributed by atoms with Gasteiger partial charge in [0.2, 0.25) is 0 Å². The maximum atomic E-state index is 12.5. The van der Waals surface area contributed by atoms with Crippen LogP contribution in [0.2, 0.25) is 0 Å². The number of nitrogen functional groups attached to an aromatic ring is 1. The molecule has 6 rings (SSSR count). The molecule has 2 aromatic heterocycles. The highest BCUT2D eigenvalue weighted by Crippen LogP contribution is 2.55. The molecule has 1 amide bonds. The number of hydrogen-bond acceptors (Lipinski definition) is 6. The Balaban J connectivity index is 1.15. The molecule has 0 unspecified atom stereocenters. The molecule has 3 aromatic rings. The van der Waals surface area contributed by atoms with Crippen LogP contribution in [-0.4, -0.2) is 49.2 Å². The van der Waals surface area contributed by atoms with Crippen LogP contribution in [-0.2, 0) is 11.3 Å². The molecule has 38 heavy (non-hydrogen) atoms. The van der Waals surface area contributed by atoms with Crippen LogP contribution in [0, 0.1) is 16.7 Å². The van der Waals surface area contributed by atoms with Crippen LogP contribution in [0.25, 0.3) is 11.3 Å². The molecule has 1 spiro atoms. The van der Waals surface area contributed by atoms with Crippen molar-refractivity contribution in [2.45, 2.75) is 77.0 Å². The smallest absolute Gasteiger partial charge is 0.410 e. The molecule has 3 fully saturated rings. The molecule has 1 aliphatic heterocycles. The molecule has 9 nitrogen and oxygen atoms in total. The average Bonchev–Trinajstić information content (AvgIpc) is 3.27. The Bertz CT molecular complexity index is 1410. The zero-order chi connectivity index (χ0) is 26.7. The number of rotatable bonds is 5. The Labute approximate surface area is 223 Å². The molecule has 3 heterocycles. The number of amides is 1. The van der Waals surface area contributed by atoms with Gasteiger partial charge in [-0.3, -0.25) is 4.68 Å². The van der Waals surface area contributed by atoms with Crippen LogP contribution in [0.3, 0.4) is 0 Å². The second-order valence-electron chi connectivity index (χ2n) is 12.3. The number of hydrogen-bond donors (Lipinski definition) is 1. The fourth-order valence-corrected chi connectivity index (χ4v) is 6.02. The number of nitriles is 1. The molecule has 0 atom stereocenters. The first-order valence-corrected chi connectivity index (χ1v) is 13.5. The Morgan fingerprint density at radius 3 is 2.79 bits per heavy atom. The standard InChI is InChI=1S/C29H35N7O2/c1-28(2,3)38-27(37)34-10-9-29(18-34)12-23(13-29)36-26(31)24(14-30)25(33-36)22-15-32-35(17-22)16-19-5-4-6-21(11-19)20-7-8-20/h4-6,11,15,17,20,23H,7-10,12-13,16,18,31H2,1-3H3/t23-,29-. The van der Waals surface area contributed by atoms with Gasteiger partial charge in [0.25, 0.3) is 0 Å². The minimum atomic E-state index is -0.503. The lowest BCUT2D eigenvalue weighted by atomic mass is 9.65. The van der Waals surface area contributed by atoms with E-state index in [0.717, 1.165) is 24.8 Å². The third kappa shape index (κ3) is 4.64. The molecule has 2 aliphatic carbocycles. The quantitative estimate of drug-likeness (QED) is 0.508. The summed E-state index contributed by atoms with van der Waals surface area (Å²) in [6, 6.07) is 11.1. The number of aromatic nitrogens is 4. The van der Waals surface area contributed by atoms with Crippen molar-refractivity contribution in [3.8, 4) is 17.3 Å². The van der Waals surface area contributed by atoms with Crippen molar-refractivity contribution >= 4 is 11.9 Å². The largest absolute Gasteiger partial charge is 0.444 e. The molecule has 9 heteroatoms. The van der Waals surface area contributed by atoms with Crippen molar-refractivity contribution in [1.82, 2.24) is 24.5 Å². The SMILES string of the molecule is CC(C)(C)OC(=O)N1CC[C@]2(C1)C[C@H](n1nc(-c3cnn(Cc4cccc(C5CC5)c4)c3)c(C#N)c1N)C2. The summed E-state index contributed by atoms with van der Waals surface area (Å²) < 4.78 is 9.26. The van der Waals surface area contributed by atoms with E-state index in [9.17, 15) is 10.1 Å². The summed E-state index contributed by atoms with van der Waals surface area (Å²) in [5.74, 6) is 1.11. The maximum absolute atomic E-state index is 12.5. The number of nitrogens with two attached hydrogens (primary N) is 1. The first kappa shape index (κ1) is 24.5. The van der Waals surface area contributed by atoms with Gasteiger partial charge in [-0.1, -0.05) is 24.3 Å². The minimum absolute atomic E-state index is 0.0623. The summed E-state index contributed by atoms with van der Waals surface area (Å²) in [6.07, 6.45) is 8.70. The highest BCUT2D eigenvalue weighted by molar-refractivity contribution is 5.72. The van der Waals surface area contributed by atoms with E-state index in [0.29, 0.717) is 42.6 Å². The van der Waals surface area contributed by atoms with Gasteiger partial charge < -0.3 is 15.4 Å².